The van der Waals surface area contributed by atoms with Gasteiger partial charge in [0.25, 0.3) is 5.91 Å². The minimum atomic E-state index is -1.59. The van der Waals surface area contributed by atoms with Crippen LogP contribution in [0.4, 0.5) is 13.2 Å². The van der Waals surface area contributed by atoms with E-state index in [1.54, 1.807) is 4.90 Å². The summed E-state index contributed by atoms with van der Waals surface area (Å²) < 4.78 is 40.1. The summed E-state index contributed by atoms with van der Waals surface area (Å²) in [6, 6.07) is 2.04. The highest BCUT2D eigenvalue weighted by Crippen LogP contribution is 2.27. The summed E-state index contributed by atoms with van der Waals surface area (Å²) in [7, 11) is 0. The molecular formula is C15H17F3N2O. The molecule has 3 rings (SSSR count). The number of rotatable bonds is 2. The summed E-state index contributed by atoms with van der Waals surface area (Å²) in [4.78, 5) is 14.1. The first-order valence-electron chi connectivity index (χ1n) is 7.27. The zero-order valence-electron chi connectivity index (χ0n) is 11.5. The summed E-state index contributed by atoms with van der Waals surface area (Å²) in [6.45, 7) is 1.45. The Morgan fingerprint density at radius 3 is 2.67 bits per heavy atom. The molecule has 0 spiro atoms. The molecular weight excluding hydrogens is 281 g/mol. The molecule has 3 nitrogen and oxygen atoms in total. The van der Waals surface area contributed by atoms with Crippen LogP contribution in [0, 0.1) is 17.5 Å². The Kier molecular flexibility index (Phi) is 3.89. The molecule has 0 aromatic heterocycles. The van der Waals surface area contributed by atoms with Gasteiger partial charge in [-0.05, 0) is 44.4 Å². The maximum absolute atomic E-state index is 13.8. The Labute approximate surface area is 121 Å². The molecule has 1 aromatic rings. The van der Waals surface area contributed by atoms with Gasteiger partial charge in [-0.15, -0.1) is 0 Å². The molecule has 2 unspecified atom stereocenters. The van der Waals surface area contributed by atoms with Crippen LogP contribution in [0.1, 0.15) is 36.0 Å². The fourth-order valence-electron chi connectivity index (χ4n) is 3.35. The van der Waals surface area contributed by atoms with Gasteiger partial charge in [-0.25, -0.2) is 13.2 Å². The summed E-state index contributed by atoms with van der Waals surface area (Å²) in [5.74, 6) is -4.82. The minimum Gasteiger partial charge on any atom is -0.334 e. The second-order valence-corrected chi connectivity index (χ2v) is 5.63. The quantitative estimate of drug-likeness (QED) is 0.851. The molecule has 1 aromatic carbocycles. The van der Waals surface area contributed by atoms with E-state index < -0.39 is 28.9 Å². The Morgan fingerprint density at radius 1 is 1.14 bits per heavy atom. The largest absolute Gasteiger partial charge is 0.334 e. The predicted molar refractivity (Wildman–Crippen MR) is 71.4 cm³/mol. The SMILES string of the molecule is O=C(c1ccc(F)c(F)c1F)N1CCCC1C1CCCN1. The maximum Gasteiger partial charge on any atom is 0.257 e. The number of likely N-dealkylation sites (tertiary alicyclic amines) is 1. The van der Waals surface area contributed by atoms with E-state index in [0.29, 0.717) is 6.54 Å². The smallest absolute Gasteiger partial charge is 0.257 e. The van der Waals surface area contributed by atoms with Crippen LogP contribution in [0.25, 0.3) is 0 Å². The van der Waals surface area contributed by atoms with Crippen molar-refractivity contribution in [1.29, 1.82) is 0 Å². The number of nitrogens with zero attached hydrogens (tertiary/aromatic N) is 1. The van der Waals surface area contributed by atoms with Crippen LogP contribution >= 0.6 is 0 Å². The Bertz CT molecular complexity index is 558. The van der Waals surface area contributed by atoms with Crippen LogP contribution in [0.15, 0.2) is 12.1 Å². The normalized spacial score (nSPS) is 25.6. The van der Waals surface area contributed by atoms with E-state index in [1.807, 2.05) is 0 Å². The van der Waals surface area contributed by atoms with Crippen molar-refractivity contribution in [1.82, 2.24) is 10.2 Å². The van der Waals surface area contributed by atoms with Gasteiger partial charge in [0.2, 0.25) is 0 Å². The lowest BCUT2D eigenvalue weighted by molar-refractivity contribution is 0.0705. The zero-order valence-corrected chi connectivity index (χ0v) is 11.5. The summed E-state index contributed by atoms with van der Waals surface area (Å²) in [6.07, 6.45) is 3.74. The van der Waals surface area contributed by atoms with Crippen molar-refractivity contribution in [3.05, 3.63) is 35.1 Å². The van der Waals surface area contributed by atoms with Crippen molar-refractivity contribution in [2.75, 3.05) is 13.1 Å². The molecule has 0 bridgehead atoms. The Hall–Kier alpha value is -1.56. The van der Waals surface area contributed by atoms with Gasteiger partial charge in [-0.1, -0.05) is 0 Å². The third-order valence-electron chi connectivity index (χ3n) is 4.39. The van der Waals surface area contributed by atoms with Crippen LogP contribution in [0.5, 0.6) is 0 Å². The molecule has 114 valence electrons. The van der Waals surface area contributed by atoms with E-state index in [4.69, 9.17) is 0 Å². The fourth-order valence-corrected chi connectivity index (χ4v) is 3.35. The monoisotopic (exact) mass is 298 g/mol. The van der Waals surface area contributed by atoms with Crippen LogP contribution in [-0.4, -0.2) is 36.0 Å². The molecule has 1 N–H and O–H groups in total. The van der Waals surface area contributed by atoms with Crippen LogP contribution in [0.3, 0.4) is 0 Å². The highest BCUT2D eigenvalue weighted by atomic mass is 19.2. The average Bonchev–Trinajstić information content (AvgIpc) is 3.14. The summed E-state index contributed by atoms with van der Waals surface area (Å²) >= 11 is 0. The number of halogens is 3. The first-order valence-corrected chi connectivity index (χ1v) is 7.27. The molecule has 2 fully saturated rings. The standard InChI is InChI=1S/C15H17F3N2O/c16-10-6-5-9(13(17)14(10)18)15(21)20-8-2-4-12(20)11-3-1-7-19-11/h5-6,11-12,19H,1-4,7-8H2. The maximum atomic E-state index is 13.8. The Morgan fingerprint density at radius 2 is 1.95 bits per heavy atom. The highest BCUT2D eigenvalue weighted by Gasteiger charge is 2.37. The number of benzene rings is 1. The molecule has 21 heavy (non-hydrogen) atoms. The third-order valence-corrected chi connectivity index (χ3v) is 4.39. The van der Waals surface area contributed by atoms with Gasteiger partial charge in [-0.2, -0.15) is 0 Å². The summed E-state index contributed by atoms with van der Waals surface area (Å²) in [5, 5.41) is 3.35. The van der Waals surface area contributed by atoms with Crippen molar-refractivity contribution < 1.29 is 18.0 Å². The molecule has 1 amide bonds. The minimum absolute atomic E-state index is 0.00696. The van der Waals surface area contributed by atoms with Crippen molar-refractivity contribution in [2.45, 2.75) is 37.8 Å². The van der Waals surface area contributed by atoms with Crippen LogP contribution < -0.4 is 5.32 Å². The van der Waals surface area contributed by atoms with E-state index in [1.165, 1.54) is 0 Å². The lowest BCUT2D eigenvalue weighted by atomic mass is 10.0. The number of carbonyl (C=O) groups excluding carboxylic acids is 1. The number of hydrogen-bond donors (Lipinski definition) is 1. The molecule has 2 saturated heterocycles. The van der Waals surface area contributed by atoms with Gasteiger partial charge in [-0.3, -0.25) is 4.79 Å². The summed E-state index contributed by atoms with van der Waals surface area (Å²) in [5.41, 5.74) is -0.390. The van der Waals surface area contributed by atoms with Gasteiger partial charge in [0.1, 0.15) is 0 Å². The third kappa shape index (κ3) is 2.52. The second kappa shape index (κ2) is 5.67. The molecule has 0 radical (unpaired) electrons. The van der Waals surface area contributed by atoms with Gasteiger partial charge in [0.05, 0.1) is 5.56 Å². The lowest BCUT2D eigenvalue weighted by Gasteiger charge is -2.29. The first kappa shape index (κ1) is 14.4. The number of nitrogens with one attached hydrogen (secondary N) is 1. The average molecular weight is 298 g/mol. The van der Waals surface area contributed by atoms with E-state index in [2.05, 4.69) is 5.32 Å². The molecule has 0 saturated carbocycles. The number of carbonyl (C=O) groups is 1. The van der Waals surface area contributed by atoms with E-state index in [-0.39, 0.29) is 12.1 Å². The molecule has 2 aliphatic rings. The molecule has 2 atom stereocenters. The fraction of sp³-hybridized carbons (Fsp3) is 0.533. The second-order valence-electron chi connectivity index (χ2n) is 5.63. The van der Waals surface area contributed by atoms with Gasteiger partial charge >= 0.3 is 0 Å². The molecule has 0 aliphatic carbocycles. The number of amides is 1. The van der Waals surface area contributed by atoms with Crippen molar-refractivity contribution >= 4 is 5.91 Å². The van der Waals surface area contributed by atoms with Crippen molar-refractivity contribution in [3.8, 4) is 0 Å². The van der Waals surface area contributed by atoms with Gasteiger partial charge in [0, 0.05) is 18.6 Å². The lowest BCUT2D eigenvalue weighted by Crippen LogP contribution is -2.46. The van der Waals surface area contributed by atoms with Crippen LogP contribution in [-0.2, 0) is 0 Å². The molecule has 2 heterocycles. The van der Waals surface area contributed by atoms with Gasteiger partial charge in [0.15, 0.2) is 17.5 Å². The van der Waals surface area contributed by atoms with E-state index >= 15 is 0 Å². The van der Waals surface area contributed by atoms with E-state index in [9.17, 15) is 18.0 Å². The van der Waals surface area contributed by atoms with E-state index in [0.717, 1.165) is 44.4 Å². The van der Waals surface area contributed by atoms with Crippen LogP contribution in [0.2, 0.25) is 0 Å². The molecule has 6 heteroatoms. The predicted octanol–water partition coefficient (Wildman–Crippen LogP) is 2.46. The Balaban J connectivity index is 1.85. The zero-order chi connectivity index (χ0) is 15.0. The molecule has 2 aliphatic heterocycles. The highest BCUT2D eigenvalue weighted by molar-refractivity contribution is 5.95. The van der Waals surface area contributed by atoms with Crippen molar-refractivity contribution in [2.24, 2.45) is 0 Å². The first-order chi connectivity index (χ1) is 10.1. The topological polar surface area (TPSA) is 32.3 Å². The van der Waals surface area contributed by atoms with Crippen molar-refractivity contribution in [3.63, 3.8) is 0 Å². The van der Waals surface area contributed by atoms with Gasteiger partial charge < -0.3 is 10.2 Å². The number of hydrogen-bond acceptors (Lipinski definition) is 2.